The molecule has 0 aromatic carbocycles. The minimum Gasteiger partial charge on any atom is -0.383 e. The molecule has 3 nitrogen and oxygen atoms in total. The van der Waals surface area contributed by atoms with Crippen molar-refractivity contribution in [3.05, 3.63) is 16.4 Å². The van der Waals surface area contributed by atoms with E-state index in [1.807, 2.05) is 10.9 Å². The Morgan fingerprint density at radius 3 is 3.00 bits per heavy atom. The average Bonchev–Trinajstić information content (AvgIpc) is 2.65. The van der Waals surface area contributed by atoms with E-state index < -0.39 is 5.60 Å². The summed E-state index contributed by atoms with van der Waals surface area (Å²) in [6.07, 6.45) is 7.12. The zero-order chi connectivity index (χ0) is 12.5. The van der Waals surface area contributed by atoms with E-state index in [4.69, 9.17) is 0 Å². The van der Waals surface area contributed by atoms with Crippen molar-refractivity contribution in [1.29, 1.82) is 0 Å². The molecule has 1 N–H and O–H groups in total. The first-order chi connectivity index (χ1) is 8.09. The molecule has 4 heteroatoms. The van der Waals surface area contributed by atoms with E-state index >= 15 is 0 Å². The number of rotatable bonds is 3. The molecule has 1 aliphatic carbocycles. The average molecular weight is 301 g/mol. The van der Waals surface area contributed by atoms with Gasteiger partial charge in [-0.05, 0) is 41.1 Å². The fraction of sp³-hybridized carbons (Fsp3) is 0.769. The molecule has 0 aliphatic heterocycles. The van der Waals surface area contributed by atoms with Gasteiger partial charge in [-0.3, -0.25) is 4.68 Å². The van der Waals surface area contributed by atoms with Crippen LogP contribution >= 0.6 is 15.9 Å². The summed E-state index contributed by atoms with van der Waals surface area (Å²) >= 11 is 3.54. The highest BCUT2D eigenvalue weighted by Gasteiger charge is 2.41. The van der Waals surface area contributed by atoms with Crippen molar-refractivity contribution >= 4 is 15.9 Å². The van der Waals surface area contributed by atoms with Gasteiger partial charge < -0.3 is 5.11 Å². The number of aryl methyl sites for hydroxylation is 1. The van der Waals surface area contributed by atoms with E-state index in [1.54, 1.807) is 0 Å². The lowest BCUT2D eigenvalue weighted by Gasteiger charge is -2.38. The maximum Gasteiger partial charge on any atom is 0.110 e. The summed E-state index contributed by atoms with van der Waals surface area (Å²) in [6.45, 7) is 5.15. The summed E-state index contributed by atoms with van der Waals surface area (Å²) in [7, 11) is 0. The molecule has 2 unspecified atom stereocenters. The Labute approximate surface area is 111 Å². The van der Waals surface area contributed by atoms with Gasteiger partial charge in [0.1, 0.15) is 5.60 Å². The fourth-order valence-corrected chi connectivity index (χ4v) is 3.50. The van der Waals surface area contributed by atoms with Gasteiger partial charge in [-0.2, -0.15) is 5.10 Å². The van der Waals surface area contributed by atoms with E-state index in [9.17, 15) is 5.11 Å². The van der Waals surface area contributed by atoms with Gasteiger partial charge >= 0.3 is 0 Å². The Balaban J connectivity index is 2.39. The normalized spacial score (nSPS) is 29.5. The molecule has 17 heavy (non-hydrogen) atoms. The van der Waals surface area contributed by atoms with E-state index in [0.29, 0.717) is 5.92 Å². The van der Waals surface area contributed by atoms with Crippen LogP contribution in [0, 0.1) is 5.92 Å². The van der Waals surface area contributed by atoms with Gasteiger partial charge in [-0.25, -0.2) is 0 Å². The Hall–Kier alpha value is -0.350. The van der Waals surface area contributed by atoms with Crippen LogP contribution in [0.4, 0.5) is 0 Å². The van der Waals surface area contributed by atoms with Crippen LogP contribution in [0.2, 0.25) is 0 Å². The maximum atomic E-state index is 11.0. The molecule has 2 rings (SSSR count). The molecule has 1 heterocycles. The fourth-order valence-electron chi connectivity index (χ4n) is 2.86. The highest BCUT2D eigenvalue weighted by Crippen LogP contribution is 2.43. The molecule has 1 aliphatic rings. The quantitative estimate of drug-likeness (QED) is 0.928. The van der Waals surface area contributed by atoms with Crippen molar-refractivity contribution in [1.82, 2.24) is 9.78 Å². The van der Waals surface area contributed by atoms with Crippen molar-refractivity contribution in [3.8, 4) is 0 Å². The second-order valence-electron chi connectivity index (χ2n) is 5.14. The van der Waals surface area contributed by atoms with Gasteiger partial charge in [0.15, 0.2) is 0 Å². The third-order valence-corrected chi connectivity index (χ3v) is 4.48. The van der Waals surface area contributed by atoms with Gasteiger partial charge in [0, 0.05) is 6.54 Å². The van der Waals surface area contributed by atoms with Crippen molar-refractivity contribution in [2.24, 2.45) is 5.92 Å². The van der Waals surface area contributed by atoms with Crippen LogP contribution in [0.15, 0.2) is 10.7 Å². The van der Waals surface area contributed by atoms with Crippen LogP contribution in [0.3, 0.4) is 0 Å². The van der Waals surface area contributed by atoms with Crippen LogP contribution < -0.4 is 0 Å². The minimum absolute atomic E-state index is 0.305. The van der Waals surface area contributed by atoms with Gasteiger partial charge in [0.25, 0.3) is 0 Å². The zero-order valence-corrected chi connectivity index (χ0v) is 12.2. The Bertz CT molecular complexity index is 391. The van der Waals surface area contributed by atoms with Crippen LogP contribution in [0.1, 0.15) is 51.6 Å². The van der Waals surface area contributed by atoms with E-state index in [2.05, 4.69) is 34.9 Å². The molecule has 1 saturated carbocycles. The lowest BCUT2D eigenvalue weighted by Crippen LogP contribution is -2.38. The monoisotopic (exact) mass is 300 g/mol. The largest absolute Gasteiger partial charge is 0.383 e. The van der Waals surface area contributed by atoms with Crippen molar-refractivity contribution in [2.75, 3.05) is 0 Å². The third kappa shape index (κ3) is 2.29. The molecule has 0 spiro atoms. The standard InChI is InChI=1S/C13H21BrN2O/c1-3-8-16-12(11(14)9-15-16)13(17)7-5-4-6-10(13)2/h9-10,17H,3-8H2,1-2H3. The molecule has 0 amide bonds. The van der Waals surface area contributed by atoms with Crippen LogP contribution in [-0.2, 0) is 12.1 Å². The molecule has 0 saturated heterocycles. The van der Waals surface area contributed by atoms with Gasteiger partial charge in [-0.1, -0.05) is 26.7 Å². The molecule has 2 atom stereocenters. The van der Waals surface area contributed by atoms with Crippen molar-refractivity contribution in [3.63, 3.8) is 0 Å². The van der Waals surface area contributed by atoms with E-state index in [1.165, 1.54) is 6.42 Å². The van der Waals surface area contributed by atoms with Crippen molar-refractivity contribution in [2.45, 2.75) is 58.1 Å². The molecule has 0 radical (unpaired) electrons. The molecule has 1 fully saturated rings. The molecular formula is C13H21BrN2O. The molecule has 96 valence electrons. The summed E-state index contributed by atoms with van der Waals surface area (Å²) in [5.41, 5.74) is 0.273. The number of hydrogen-bond acceptors (Lipinski definition) is 2. The smallest absolute Gasteiger partial charge is 0.110 e. The van der Waals surface area contributed by atoms with Gasteiger partial charge in [-0.15, -0.1) is 0 Å². The lowest BCUT2D eigenvalue weighted by molar-refractivity contribution is -0.0547. The maximum absolute atomic E-state index is 11.0. The van der Waals surface area contributed by atoms with E-state index in [-0.39, 0.29) is 0 Å². The number of aromatic nitrogens is 2. The van der Waals surface area contributed by atoms with Crippen LogP contribution in [-0.4, -0.2) is 14.9 Å². The molecule has 1 aromatic rings. The van der Waals surface area contributed by atoms with Gasteiger partial charge in [0.2, 0.25) is 0 Å². The van der Waals surface area contributed by atoms with E-state index in [0.717, 1.165) is 42.4 Å². The van der Waals surface area contributed by atoms with Crippen LogP contribution in [0.5, 0.6) is 0 Å². The lowest BCUT2D eigenvalue weighted by atomic mass is 9.74. The summed E-state index contributed by atoms with van der Waals surface area (Å²) < 4.78 is 2.91. The third-order valence-electron chi connectivity index (χ3n) is 3.90. The number of nitrogens with zero attached hydrogens (tertiary/aromatic N) is 2. The number of hydrogen-bond donors (Lipinski definition) is 1. The predicted octanol–water partition coefficient (Wildman–Crippen LogP) is 3.45. The highest BCUT2D eigenvalue weighted by molar-refractivity contribution is 9.10. The molecule has 1 aromatic heterocycles. The summed E-state index contributed by atoms with van der Waals surface area (Å²) in [4.78, 5) is 0. The SMILES string of the molecule is CCCn1ncc(Br)c1C1(O)CCCCC1C. The van der Waals surface area contributed by atoms with Crippen LogP contribution in [0.25, 0.3) is 0 Å². The Kier molecular flexibility index (Phi) is 3.93. The number of aliphatic hydroxyl groups is 1. The second kappa shape index (κ2) is 5.11. The second-order valence-corrected chi connectivity index (χ2v) is 5.99. The number of halogens is 1. The summed E-state index contributed by atoms with van der Waals surface area (Å²) in [5, 5.41) is 15.4. The van der Waals surface area contributed by atoms with Crippen molar-refractivity contribution < 1.29 is 5.11 Å². The first-order valence-corrected chi connectivity index (χ1v) is 7.33. The predicted molar refractivity (Wildman–Crippen MR) is 71.7 cm³/mol. The highest BCUT2D eigenvalue weighted by atomic mass is 79.9. The minimum atomic E-state index is -0.706. The Morgan fingerprint density at radius 2 is 2.35 bits per heavy atom. The molecular weight excluding hydrogens is 280 g/mol. The Morgan fingerprint density at radius 1 is 1.59 bits per heavy atom. The summed E-state index contributed by atoms with van der Waals surface area (Å²) in [6, 6.07) is 0. The summed E-state index contributed by atoms with van der Waals surface area (Å²) in [5.74, 6) is 0.305. The topological polar surface area (TPSA) is 38.0 Å². The first kappa shape index (κ1) is 13.1. The zero-order valence-electron chi connectivity index (χ0n) is 10.6. The molecule has 0 bridgehead atoms. The first-order valence-electron chi connectivity index (χ1n) is 6.53. The van der Waals surface area contributed by atoms with Gasteiger partial charge in [0.05, 0.1) is 16.4 Å².